The summed E-state index contributed by atoms with van der Waals surface area (Å²) in [5.74, 6) is 1.69. The van der Waals surface area contributed by atoms with Crippen molar-refractivity contribution in [2.24, 2.45) is 0 Å². The first-order valence-corrected chi connectivity index (χ1v) is 7.54. The summed E-state index contributed by atoms with van der Waals surface area (Å²) >= 11 is 6.08. The number of amides is 2. The number of methoxy groups -OCH3 is 3. The number of halogens is 1. The van der Waals surface area contributed by atoms with E-state index in [1.165, 1.54) is 14.2 Å². The normalized spacial score (nSPS) is 10.0. The van der Waals surface area contributed by atoms with Crippen LogP contribution in [-0.2, 0) is 6.54 Å². The van der Waals surface area contributed by atoms with E-state index in [4.69, 9.17) is 25.8 Å². The van der Waals surface area contributed by atoms with Crippen LogP contribution in [0.4, 0.5) is 10.5 Å². The maximum absolute atomic E-state index is 12.1. The molecule has 2 N–H and O–H groups in total. The number of urea groups is 1. The molecule has 2 aromatic carbocycles. The number of carbonyl (C=O) groups excluding carboxylic acids is 1. The van der Waals surface area contributed by atoms with Crippen molar-refractivity contribution in [2.45, 2.75) is 6.54 Å². The predicted molar refractivity (Wildman–Crippen MR) is 93.4 cm³/mol. The van der Waals surface area contributed by atoms with Crippen LogP contribution in [0.25, 0.3) is 0 Å². The van der Waals surface area contributed by atoms with Crippen molar-refractivity contribution >= 4 is 23.3 Å². The Bertz CT molecular complexity index is 704. The quantitative estimate of drug-likeness (QED) is 0.833. The fraction of sp³-hybridized carbons (Fsp3) is 0.235. The molecule has 0 spiro atoms. The molecule has 2 aromatic rings. The smallest absolute Gasteiger partial charge is 0.319 e. The van der Waals surface area contributed by atoms with E-state index in [0.29, 0.717) is 28.8 Å². The van der Waals surface area contributed by atoms with Gasteiger partial charge in [-0.2, -0.15) is 0 Å². The van der Waals surface area contributed by atoms with Gasteiger partial charge in [-0.05, 0) is 23.8 Å². The Labute approximate surface area is 145 Å². The summed E-state index contributed by atoms with van der Waals surface area (Å²) in [4.78, 5) is 12.1. The number of anilines is 1. The predicted octanol–water partition coefficient (Wildman–Crippen LogP) is 3.69. The van der Waals surface area contributed by atoms with E-state index in [2.05, 4.69) is 10.6 Å². The van der Waals surface area contributed by atoms with E-state index < -0.39 is 0 Å². The van der Waals surface area contributed by atoms with Crippen LogP contribution in [0, 0.1) is 0 Å². The van der Waals surface area contributed by atoms with Crippen molar-refractivity contribution in [2.75, 3.05) is 26.6 Å². The molecule has 2 rings (SSSR count). The summed E-state index contributed by atoms with van der Waals surface area (Å²) < 4.78 is 15.5. The average molecular weight is 351 g/mol. The van der Waals surface area contributed by atoms with Gasteiger partial charge in [0.1, 0.15) is 17.2 Å². The Balaban J connectivity index is 2.00. The molecular formula is C17H19ClN2O4. The molecule has 0 aliphatic heterocycles. The van der Waals surface area contributed by atoms with Crippen LogP contribution < -0.4 is 24.8 Å². The first-order valence-electron chi connectivity index (χ1n) is 7.16. The fourth-order valence-corrected chi connectivity index (χ4v) is 2.29. The highest BCUT2D eigenvalue weighted by Gasteiger charge is 2.12. The topological polar surface area (TPSA) is 68.8 Å². The van der Waals surface area contributed by atoms with Gasteiger partial charge in [0.15, 0.2) is 0 Å². The molecule has 0 bridgehead atoms. The van der Waals surface area contributed by atoms with Crippen LogP contribution in [-0.4, -0.2) is 27.4 Å². The van der Waals surface area contributed by atoms with Gasteiger partial charge >= 0.3 is 6.03 Å². The number of rotatable bonds is 6. The van der Waals surface area contributed by atoms with Crippen LogP contribution in [0.2, 0.25) is 5.02 Å². The van der Waals surface area contributed by atoms with E-state index in [0.717, 1.165) is 11.3 Å². The molecular weight excluding hydrogens is 332 g/mol. The summed E-state index contributed by atoms with van der Waals surface area (Å²) in [6, 6.07) is 10.2. The minimum Gasteiger partial charge on any atom is -0.497 e. The Morgan fingerprint density at radius 2 is 1.67 bits per heavy atom. The summed E-state index contributed by atoms with van der Waals surface area (Å²) in [6.07, 6.45) is 0. The summed E-state index contributed by atoms with van der Waals surface area (Å²) in [7, 11) is 4.62. The zero-order valence-corrected chi connectivity index (χ0v) is 14.4. The van der Waals surface area contributed by atoms with Gasteiger partial charge in [-0.15, -0.1) is 0 Å². The molecule has 0 aliphatic rings. The minimum absolute atomic E-state index is 0.370. The van der Waals surface area contributed by atoms with E-state index in [1.54, 1.807) is 19.2 Å². The Morgan fingerprint density at radius 1 is 1.00 bits per heavy atom. The molecule has 128 valence electrons. The number of hydrogen-bond donors (Lipinski definition) is 2. The summed E-state index contributed by atoms with van der Waals surface area (Å²) in [6.45, 7) is 0.377. The van der Waals surface area contributed by atoms with Crippen molar-refractivity contribution in [1.29, 1.82) is 0 Å². The molecule has 6 nitrogen and oxygen atoms in total. The van der Waals surface area contributed by atoms with E-state index in [1.807, 2.05) is 24.3 Å². The first-order chi connectivity index (χ1) is 11.6. The molecule has 24 heavy (non-hydrogen) atoms. The highest BCUT2D eigenvalue weighted by atomic mass is 35.5. The molecule has 2 amide bonds. The zero-order chi connectivity index (χ0) is 17.5. The maximum atomic E-state index is 12.1. The van der Waals surface area contributed by atoms with Gasteiger partial charge in [0.2, 0.25) is 0 Å². The van der Waals surface area contributed by atoms with Gasteiger partial charge in [-0.1, -0.05) is 23.7 Å². The van der Waals surface area contributed by atoms with E-state index in [-0.39, 0.29) is 6.03 Å². The molecule has 7 heteroatoms. The monoisotopic (exact) mass is 350 g/mol. The molecule has 0 saturated heterocycles. The fourth-order valence-electron chi connectivity index (χ4n) is 2.05. The van der Waals surface area contributed by atoms with E-state index in [9.17, 15) is 4.79 Å². The van der Waals surface area contributed by atoms with Gasteiger partial charge in [-0.25, -0.2) is 4.79 Å². The minimum atomic E-state index is -0.370. The van der Waals surface area contributed by atoms with Crippen LogP contribution in [0.15, 0.2) is 36.4 Å². The Morgan fingerprint density at radius 3 is 2.25 bits per heavy atom. The molecule has 0 radical (unpaired) electrons. The Hall–Kier alpha value is -2.60. The standard InChI is InChI=1S/C17H19ClN2O4/c1-22-12-6-4-11(5-7-12)10-19-17(21)20-14-8-13(18)15(23-2)9-16(14)24-3/h4-9H,10H2,1-3H3,(H2,19,20,21). The maximum Gasteiger partial charge on any atom is 0.319 e. The van der Waals surface area contributed by atoms with E-state index >= 15 is 0 Å². The van der Waals surface area contributed by atoms with Crippen LogP contribution in [0.3, 0.4) is 0 Å². The summed E-state index contributed by atoms with van der Waals surface area (Å²) in [5.41, 5.74) is 1.40. The molecule has 0 fully saturated rings. The van der Waals surface area contributed by atoms with Gasteiger partial charge in [0, 0.05) is 12.6 Å². The number of carbonyl (C=O) groups is 1. The number of nitrogens with one attached hydrogen (secondary N) is 2. The van der Waals surface area contributed by atoms with Gasteiger partial charge in [0.05, 0.1) is 32.0 Å². The van der Waals surface area contributed by atoms with Crippen molar-refractivity contribution < 1.29 is 19.0 Å². The lowest BCUT2D eigenvalue weighted by molar-refractivity contribution is 0.251. The van der Waals surface area contributed by atoms with Crippen molar-refractivity contribution in [3.63, 3.8) is 0 Å². The average Bonchev–Trinajstić information content (AvgIpc) is 2.60. The largest absolute Gasteiger partial charge is 0.497 e. The second-order valence-electron chi connectivity index (χ2n) is 4.84. The zero-order valence-electron chi connectivity index (χ0n) is 13.7. The Kier molecular flexibility index (Phi) is 6.14. The summed E-state index contributed by atoms with van der Waals surface area (Å²) in [5, 5.41) is 5.85. The number of ether oxygens (including phenoxy) is 3. The SMILES string of the molecule is COc1ccc(CNC(=O)Nc2cc(Cl)c(OC)cc2OC)cc1. The van der Waals surface area contributed by atoms with Crippen LogP contribution in [0.1, 0.15) is 5.56 Å². The number of hydrogen-bond acceptors (Lipinski definition) is 4. The lowest BCUT2D eigenvalue weighted by Crippen LogP contribution is -2.28. The third-order valence-corrected chi connectivity index (χ3v) is 3.63. The highest BCUT2D eigenvalue weighted by Crippen LogP contribution is 2.35. The third kappa shape index (κ3) is 4.45. The van der Waals surface area contributed by atoms with Crippen molar-refractivity contribution in [1.82, 2.24) is 5.32 Å². The highest BCUT2D eigenvalue weighted by molar-refractivity contribution is 6.32. The lowest BCUT2D eigenvalue weighted by Gasteiger charge is -2.13. The molecule has 0 atom stereocenters. The lowest BCUT2D eigenvalue weighted by atomic mass is 10.2. The van der Waals surface area contributed by atoms with Gasteiger partial charge in [0.25, 0.3) is 0 Å². The molecule has 0 heterocycles. The van der Waals surface area contributed by atoms with Gasteiger partial charge in [-0.3, -0.25) is 0 Å². The molecule has 0 saturated carbocycles. The van der Waals surface area contributed by atoms with Crippen LogP contribution in [0.5, 0.6) is 17.2 Å². The van der Waals surface area contributed by atoms with Crippen molar-refractivity contribution in [3.8, 4) is 17.2 Å². The molecule has 0 unspecified atom stereocenters. The molecule has 0 aromatic heterocycles. The first kappa shape index (κ1) is 17.7. The van der Waals surface area contributed by atoms with Crippen molar-refractivity contribution in [3.05, 3.63) is 47.0 Å². The van der Waals surface area contributed by atoms with Gasteiger partial charge < -0.3 is 24.8 Å². The number of benzene rings is 2. The second kappa shape index (κ2) is 8.31. The van der Waals surface area contributed by atoms with Crippen LogP contribution >= 0.6 is 11.6 Å². The third-order valence-electron chi connectivity index (χ3n) is 3.33. The molecule has 0 aliphatic carbocycles. The second-order valence-corrected chi connectivity index (χ2v) is 5.25.